The van der Waals surface area contributed by atoms with Crippen LogP contribution in [0.5, 0.6) is 0 Å². The van der Waals surface area contributed by atoms with E-state index in [2.05, 4.69) is 55.0 Å². The first-order valence-corrected chi connectivity index (χ1v) is 10.2. The van der Waals surface area contributed by atoms with Gasteiger partial charge in [0.2, 0.25) is 0 Å². The number of aliphatic hydroxyl groups excluding tert-OH is 1. The predicted molar refractivity (Wildman–Crippen MR) is 91.5 cm³/mol. The molecule has 0 amide bonds. The van der Waals surface area contributed by atoms with E-state index in [1.807, 2.05) is 13.0 Å². The molecule has 0 saturated heterocycles. The molecule has 0 heterocycles. The van der Waals surface area contributed by atoms with Gasteiger partial charge in [0.1, 0.15) is 0 Å². The van der Waals surface area contributed by atoms with Gasteiger partial charge in [0.05, 0.1) is 6.10 Å². The van der Waals surface area contributed by atoms with Crippen molar-refractivity contribution in [2.45, 2.75) is 78.1 Å². The summed E-state index contributed by atoms with van der Waals surface area (Å²) in [6.45, 7) is 22.2. The summed E-state index contributed by atoms with van der Waals surface area (Å²) in [5.41, 5.74) is 1.76. The van der Waals surface area contributed by atoms with E-state index >= 15 is 0 Å². The summed E-state index contributed by atoms with van der Waals surface area (Å²) in [5.74, 6) is 0.257. The Kier molecular flexibility index (Phi) is 8.30. The van der Waals surface area contributed by atoms with Crippen LogP contribution >= 0.6 is 0 Å². The molecule has 0 aromatic heterocycles. The third kappa shape index (κ3) is 4.44. The molecule has 120 valence electrons. The summed E-state index contributed by atoms with van der Waals surface area (Å²) in [6.07, 6.45) is 1.45. The fraction of sp³-hybridized carbons (Fsp3) is 0.882. The Morgan fingerprint density at radius 2 is 1.35 bits per heavy atom. The Hall–Kier alpha value is -0.123. The van der Waals surface area contributed by atoms with Crippen molar-refractivity contribution in [1.29, 1.82) is 0 Å². The highest BCUT2D eigenvalue weighted by Crippen LogP contribution is 2.42. The molecule has 1 N–H and O–H groups in total. The Morgan fingerprint density at radius 3 is 1.65 bits per heavy atom. The van der Waals surface area contributed by atoms with Crippen LogP contribution in [0, 0.1) is 11.8 Å². The minimum Gasteiger partial charge on any atom is -0.416 e. The van der Waals surface area contributed by atoms with Crippen molar-refractivity contribution in [2.24, 2.45) is 11.8 Å². The van der Waals surface area contributed by atoms with E-state index in [-0.39, 0.29) is 17.9 Å². The fourth-order valence-corrected chi connectivity index (χ4v) is 9.08. The van der Waals surface area contributed by atoms with E-state index < -0.39 is 8.32 Å². The van der Waals surface area contributed by atoms with Crippen LogP contribution in [0.25, 0.3) is 0 Å². The Morgan fingerprint density at radius 1 is 0.950 bits per heavy atom. The maximum atomic E-state index is 10.3. The normalized spacial score (nSPS) is 17.6. The molecule has 0 rings (SSSR count). The monoisotopic (exact) mass is 300 g/mol. The third-order valence-electron chi connectivity index (χ3n) is 4.80. The Labute approximate surface area is 127 Å². The lowest BCUT2D eigenvalue weighted by atomic mass is 9.94. The van der Waals surface area contributed by atoms with Crippen LogP contribution in [-0.2, 0) is 4.43 Å². The molecular weight excluding hydrogens is 264 g/mol. The summed E-state index contributed by atoms with van der Waals surface area (Å²) >= 11 is 0. The maximum Gasteiger partial charge on any atom is 0.200 e. The Bertz CT molecular complexity index is 265. The van der Waals surface area contributed by atoms with Crippen LogP contribution in [0.4, 0.5) is 0 Å². The first-order valence-electron chi connectivity index (χ1n) is 8.05. The lowest BCUT2D eigenvalue weighted by molar-refractivity contribution is 0.0530. The largest absolute Gasteiger partial charge is 0.416 e. The Balaban J connectivity index is 4.91. The lowest BCUT2D eigenvalue weighted by Gasteiger charge is -2.43. The second-order valence-corrected chi connectivity index (χ2v) is 12.7. The number of rotatable bonds is 9. The third-order valence-corrected chi connectivity index (χ3v) is 10.9. The van der Waals surface area contributed by atoms with E-state index in [0.717, 1.165) is 0 Å². The van der Waals surface area contributed by atoms with E-state index in [9.17, 15) is 5.11 Å². The molecule has 2 nitrogen and oxygen atoms in total. The minimum absolute atomic E-state index is 0.113. The molecular formula is C17H36O2Si. The van der Waals surface area contributed by atoms with Crippen molar-refractivity contribution in [3.05, 3.63) is 12.7 Å². The van der Waals surface area contributed by atoms with E-state index in [1.54, 1.807) is 0 Å². The van der Waals surface area contributed by atoms with Gasteiger partial charge in [-0.15, -0.1) is 6.58 Å². The quantitative estimate of drug-likeness (QED) is 0.480. The van der Waals surface area contributed by atoms with Crippen LogP contribution in [0.3, 0.4) is 0 Å². The van der Waals surface area contributed by atoms with Crippen LogP contribution in [-0.4, -0.2) is 26.1 Å². The van der Waals surface area contributed by atoms with Crippen molar-refractivity contribution < 1.29 is 9.53 Å². The molecule has 0 aliphatic heterocycles. The molecule has 0 spiro atoms. The number of hydrogen-bond acceptors (Lipinski definition) is 2. The highest BCUT2D eigenvalue weighted by atomic mass is 28.4. The second kappa shape index (κ2) is 8.35. The molecule has 0 saturated carbocycles. The zero-order valence-corrected chi connectivity index (χ0v) is 15.8. The molecule has 20 heavy (non-hydrogen) atoms. The van der Waals surface area contributed by atoms with E-state index in [0.29, 0.717) is 23.2 Å². The summed E-state index contributed by atoms with van der Waals surface area (Å²) in [5, 5.41) is 10.3. The average molecular weight is 301 g/mol. The summed E-state index contributed by atoms with van der Waals surface area (Å²) in [4.78, 5) is 0. The first-order chi connectivity index (χ1) is 9.11. The summed E-state index contributed by atoms with van der Waals surface area (Å²) < 4.78 is 6.54. The second-order valence-electron chi connectivity index (χ2n) is 7.19. The zero-order valence-electron chi connectivity index (χ0n) is 14.8. The van der Waals surface area contributed by atoms with Gasteiger partial charge in [0.25, 0.3) is 0 Å². The molecule has 0 bridgehead atoms. The SMILES string of the molecule is C=C[C@@H](C)[C@@H](O)[C@H](C)CO[Si](C(C)C)(C(C)C)C(C)C. The van der Waals surface area contributed by atoms with E-state index in [4.69, 9.17) is 4.43 Å². The molecule has 3 atom stereocenters. The average Bonchev–Trinajstić information content (AvgIpc) is 2.35. The van der Waals surface area contributed by atoms with Gasteiger partial charge >= 0.3 is 0 Å². The molecule has 0 radical (unpaired) electrons. The van der Waals surface area contributed by atoms with Crippen LogP contribution in [0.1, 0.15) is 55.4 Å². The molecule has 0 aromatic rings. The summed E-state index contributed by atoms with van der Waals surface area (Å²) in [7, 11) is -1.82. The van der Waals surface area contributed by atoms with Crippen LogP contribution in [0.15, 0.2) is 12.7 Å². The van der Waals surface area contributed by atoms with Crippen molar-refractivity contribution in [1.82, 2.24) is 0 Å². The first kappa shape index (κ1) is 19.9. The van der Waals surface area contributed by atoms with Gasteiger partial charge in [-0.05, 0) is 16.6 Å². The molecule has 0 aliphatic rings. The highest BCUT2D eigenvalue weighted by molar-refractivity contribution is 6.77. The van der Waals surface area contributed by atoms with Gasteiger partial charge in [-0.3, -0.25) is 0 Å². The molecule has 0 aliphatic carbocycles. The van der Waals surface area contributed by atoms with Crippen molar-refractivity contribution in [2.75, 3.05) is 6.61 Å². The molecule has 3 heteroatoms. The molecule has 0 unspecified atom stereocenters. The number of aliphatic hydroxyl groups is 1. The minimum atomic E-state index is -1.82. The van der Waals surface area contributed by atoms with Gasteiger partial charge < -0.3 is 9.53 Å². The van der Waals surface area contributed by atoms with Gasteiger partial charge in [-0.2, -0.15) is 0 Å². The maximum absolute atomic E-state index is 10.3. The van der Waals surface area contributed by atoms with Crippen molar-refractivity contribution in [3.63, 3.8) is 0 Å². The topological polar surface area (TPSA) is 29.5 Å². The molecule has 0 aromatic carbocycles. The lowest BCUT2D eigenvalue weighted by Crippen LogP contribution is -2.49. The summed E-state index contributed by atoms with van der Waals surface area (Å²) in [6, 6.07) is 0. The van der Waals surface area contributed by atoms with Crippen molar-refractivity contribution >= 4 is 8.32 Å². The van der Waals surface area contributed by atoms with Gasteiger partial charge in [-0.1, -0.05) is 61.5 Å². The molecule has 0 fully saturated rings. The zero-order chi connectivity index (χ0) is 16.1. The number of hydrogen-bond donors (Lipinski definition) is 1. The van der Waals surface area contributed by atoms with Crippen molar-refractivity contribution in [3.8, 4) is 0 Å². The van der Waals surface area contributed by atoms with Crippen LogP contribution in [0.2, 0.25) is 16.6 Å². The van der Waals surface area contributed by atoms with Gasteiger partial charge in [-0.25, -0.2) is 0 Å². The van der Waals surface area contributed by atoms with Gasteiger partial charge in [0, 0.05) is 18.4 Å². The fourth-order valence-electron chi connectivity index (χ4n) is 3.53. The predicted octanol–water partition coefficient (Wildman–Crippen LogP) is 5.00. The van der Waals surface area contributed by atoms with E-state index in [1.165, 1.54) is 0 Å². The van der Waals surface area contributed by atoms with Gasteiger partial charge in [0.15, 0.2) is 8.32 Å². The van der Waals surface area contributed by atoms with Crippen LogP contribution < -0.4 is 0 Å². The highest BCUT2D eigenvalue weighted by Gasteiger charge is 2.45. The standard InChI is InChI=1S/C17H36O2Si/c1-10-15(8)17(18)16(9)11-19-20(12(2)3,13(4)5)14(6)7/h10,12-18H,1,11H2,2-9H3/t15-,16-,17-/m1/s1. The smallest absolute Gasteiger partial charge is 0.200 e.